The van der Waals surface area contributed by atoms with E-state index in [1.54, 1.807) is 0 Å². The van der Waals surface area contributed by atoms with E-state index in [0.29, 0.717) is 6.54 Å². The second-order valence-electron chi connectivity index (χ2n) is 5.21. The minimum Gasteiger partial charge on any atom is -0.378 e. The minimum absolute atomic E-state index is 0. The molecule has 23 heavy (non-hydrogen) atoms. The number of hydrogen-bond donors (Lipinski definition) is 2. The SMILES string of the molecule is CCCNC(=NCc1cccnc1N1CCOCC1)NCC.I. The van der Waals surface area contributed by atoms with Crippen LogP contribution in [-0.2, 0) is 11.3 Å². The van der Waals surface area contributed by atoms with Crippen LogP contribution in [0.25, 0.3) is 0 Å². The van der Waals surface area contributed by atoms with Crippen LogP contribution in [0, 0.1) is 0 Å². The first kappa shape index (κ1) is 20.0. The lowest BCUT2D eigenvalue weighted by atomic mass is 10.2. The fourth-order valence-electron chi connectivity index (χ4n) is 2.36. The molecule has 0 unspecified atom stereocenters. The van der Waals surface area contributed by atoms with Crippen LogP contribution in [0.2, 0.25) is 0 Å². The summed E-state index contributed by atoms with van der Waals surface area (Å²) >= 11 is 0. The molecule has 0 bridgehead atoms. The molecule has 2 heterocycles. The molecule has 0 aromatic carbocycles. The zero-order valence-corrected chi connectivity index (χ0v) is 16.4. The predicted octanol–water partition coefficient (Wildman–Crippen LogP) is 2.00. The van der Waals surface area contributed by atoms with Gasteiger partial charge in [0.1, 0.15) is 5.82 Å². The van der Waals surface area contributed by atoms with Gasteiger partial charge in [-0.15, -0.1) is 24.0 Å². The predicted molar refractivity (Wildman–Crippen MR) is 106 cm³/mol. The van der Waals surface area contributed by atoms with Crippen LogP contribution in [0.4, 0.5) is 5.82 Å². The molecule has 1 aliphatic heterocycles. The van der Waals surface area contributed by atoms with Crippen LogP contribution in [0.3, 0.4) is 0 Å². The van der Waals surface area contributed by atoms with Gasteiger partial charge in [0.2, 0.25) is 0 Å². The number of pyridine rings is 1. The topological polar surface area (TPSA) is 61.8 Å². The van der Waals surface area contributed by atoms with Crippen LogP contribution in [-0.4, -0.2) is 50.3 Å². The molecule has 1 saturated heterocycles. The molecule has 0 saturated carbocycles. The van der Waals surface area contributed by atoms with Gasteiger partial charge in [-0.3, -0.25) is 0 Å². The number of nitrogens with one attached hydrogen (secondary N) is 2. The lowest BCUT2D eigenvalue weighted by Crippen LogP contribution is -2.38. The highest BCUT2D eigenvalue weighted by atomic mass is 127. The van der Waals surface area contributed by atoms with Gasteiger partial charge < -0.3 is 20.3 Å². The highest BCUT2D eigenvalue weighted by Crippen LogP contribution is 2.19. The molecule has 1 aromatic rings. The Hall–Kier alpha value is -1.09. The third kappa shape index (κ3) is 6.50. The summed E-state index contributed by atoms with van der Waals surface area (Å²) in [4.78, 5) is 11.5. The third-order valence-electron chi connectivity index (χ3n) is 3.47. The summed E-state index contributed by atoms with van der Waals surface area (Å²) in [5.74, 6) is 1.89. The van der Waals surface area contributed by atoms with Gasteiger partial charge >= 0.3 is 0 Å². The molecule has 1 fully saturated rings. The zero-order chi connectivity index (χ0) is 15.6. The molecule has 2 rings (SSSR count). The third-order valence-corrected chi connectivity index (χ3v) is 3.47. The number of anilines is 1. The summed E-state index contributed by atoms with van der Waals surface area (Å²) in [5.41, 5.74) is 1.15. The number of nitrogens with zero attached hydrogens (tertiary/aromatic N) is 3. The van der Waals surface area contributed by atoms with Gasteiger partial charge in [0.05, 0.1) is 19.8 Å². The maximum Gasteiger partial charge on any atom is 0.191 e. The first-order valence-electron chi connectivity index (χ1n) is 8.14. The Morgan fingerprint density at radius 1 is 1.30 bits per heavy atom. The number of aromatic nitrogens is 1. The maximum atomic E-state index is 5.42. The second kappa shape index (κ2) is 11.4. The van der Waals surface area contributed by atoms with E-state index in [9.17, 15) is 0 Å². The van der Waals surface area contributed by atoms with Gasteiger partial charge in [0, 0.05) is 37.9 Å². The average molecular weight is 433 g/mol. The second-order valence-corrected chi connectivity index (χ2v) is 5.21. The molecule has 0 radical (unpaired) electrons. The molecule has 1 aliphatic rings. The smallest absolute Gasteiger partial charge is 0.191 e. The molecule has 7 heteroatoms. The Bertz CT molecular complexity index is 477. The lowest BCUT2D eigenvalue weighted by molar-refractivity contribution is 0.122. The molecule has 0 amide bonds. The van der Waals surface area contributed by atoms with Crippen molar-refractivity contribution in [1.29, 1.82) is 0 Å². The number of morpholine rings is 1. The van der Waals surface area contributed by atoms with Crippen LogP contribution in [0.5, 0.6) is 0 Å². The van der Waals surface area contributed by atoms with Crippen LogP contribution in [0.15, 0.2) is 23.3 Å². The molecule has 2 N–H and O–H groups in total. The van der Waals surface area contributed by atoms with E-state index in [0.717, 1.165) is 63.2 Å². The molecular weight excluding hydrogens is 405 g/mol. The van der Waals surface area contributed by atoms with Crippen LogP contribution < -0.4 is 15.5 Å². The standard InChI is InChI=1S/C16H27N5O.HI/c1-3-7-19-16(17-4-2)20-13-14-6-5-8-18-15(14)21-9-11-22-12-10-21;/h5-6,8H,3-4,7,9-13H2,1-2H3,(H2,17,19,20);1H. The summed E-state index contributed by atoms with van der Waals surface area (Å²) in [6.45, 7) is 9.94. The molecule has 6 nitrogen and oxygen atoms in total. The van der Waals surface area contributed by atoms with E-state index in [-0.39, 0.29) is 24.0 Å². The number of rotatable bonds is 6. The Kier molecular flexibility index (Phi) is 9.93. The largest absolute Gasteiger partial charge is 0.378 e. The zero-order valence-electron chi connectivity index (χ0n) is 14.0. The van der Waals surface area contributed by atoms with Crippen molar-refractivity contribution in [3.8, 4) is 0 Å². The van der Waals surface area contributed by atoms with E-state index in [1.807, 2.05) is 12.3 Å². The van der Waals surface area contributed by atoms with Crippen molar-refractivity contribution in [2.75, 3.05) is 44.3 Å². The van der Waals surface area contributed by atoms with Crippen molar-refractivity contribution < 1.29 is 4.74 Å². The van der Waals surface area contributed by atoms with Crippen molar-refractivity contribution in [3.63, 3.8) is 0 Å². The molecule has 1 aromatic heterocycles. The Morgan fingerprint density at radius 2 is 2.09 bits per heavy atom. The normalized spacial score (nSPS) is 15.0. The van der Waals surface area contributed by atoms with Gasteiger partial charge in [-0.25, -0.2) is 9.98 Å². The van der Waals surface area contributed by atoms with Gasteiger partial charge in [-0.05, 0) is 19.4 Å². The molecule has 0 spiro atoms. The van der Waals surface area contributed by atoms with Crippen LogP contribution in [0.1, 0.15) is 25.8 Å². The average Bonchev–Trinajstić information content (AvgIpc) is 2.58. The highest BCUT2D eigenvalue weighted by molar-refractivity contribution is 14.0. The van der Waals surface area contributed by atoms with Gasteiger partial charge in [-0.2, -0.15) is 0 Å². The van der Waals surface area contributed by atoms with Gasteiger partial charge in [0.25, 0.3) is 0 Å². The summed E-state index contributed by atoms with van der Waals surface area (Å²) in [6.07, 6.45) is 2.93. The van der Waals surface area contributed by atoms with E-state index in [4.69, 9.17) is 4.74 Å². The van der Waals surface area contributed by atoms with Crippen LogP contribution >= 0.6 is 24.0 Å². The summed E-state index contributed by atoms with van der Waals surface area (Å²) in [6, 6.07) is 4.08. The Balaban J connectivity index is 0.00000264. The van der Waals surface area contributed by atoms with Gasteiger partial charge in [0.15, 0.2) is 5.96 Å². The number of halogens is 1. The first-order chi connectivity index (χ1) is 10.8. The highest BCUT2D eigenvalue weighted by Gasteiger charge is 2.15. The molecule has 0 atom stereocenters. The van der Waals surface area contributed by atoms with Crippen molar-refractivity contribution in [2.45, 2.75) is 26.8 Å². The lowest BCUT2D eigenvalue weighted by Gasteiger charge is -2.29. The monoisotopic (exact) mass is 433 g/mol. The molecular formula is C16H28IN5O. The van der Waals surface area contributed by atoms with E-state index >= 15 is 0 Å². The maximum absolute atomic E-state index is 5.42. The van der Waals surface area contributed by atoms with E-state index in [1.165, 1.54) is 0 Å². The van der Waals surface area contributed by atoms with Crippen molar-refractivity contribution >= 4 is 35.8 Å². The minimum atomic E-state index is 0. The quantitative estimate of drug-likeness (QED) is 0.408. The molecule has 0 aliphatic carbocycles. The van der Waals surface area contributed by atoms with Crippen molar-refractivity contribution in [2.24, 2.45) is 4.99 Å². The fraction of sp³-hybridized carbons (Fsp3) is 0.625. The fourth-order valence-corrected chi connectivity index (χ4v) is 2.36. The van der Waals surface area contributed by atoms with E-state index in [2.05, 4.69) is 45.4 Å². The number of ether oxygens (including phenoxy) is 1. The molecule has 130 valence electrons. The summed E-state index contributed by atoms with van der Waals surface area (Å²) in [7, 11) is 0. The van der Waals surface area contributed by atoms with Crippen molar-refractivity contribution in [3.05, 3.63) is 23.9 Å². The Morgan fingerprint density at radius 3 is 2.78 bits per heavy atom. The van der Waals surface area contributed by atoms with Crippen molar-refractivity contribution in [1.82, 2.24) is 15.6 Å². The number of aliphatic imine (C=N–C) groups is 1. The number of guanidine groups is 1. The van der Waals surface area contributed by atoms with E-state index < -0.39 is 0 Å². The summed E-state index contributed by atoms with van der Waals surface area (Å²) in [5, 5.41) is 6.60. The number of hydrogen-bond acceptors (Lipinski definition) is 4. The van der Waals surface area contributed by atoms with Gasteiger partial charge in [-0.1, -0.05) is 13.0 Å². The Labute approximate surface area is 156 Å². The first-order valence-corrected chi connectivity index (χ1v) is 8.14. The summed E-state index contributed by atoms with van der Waals surface area (Å²) < 4.78 is 5.42.